The van der Waals surface area contributed by atoms with E-state index in [0.717, 1.165) is 18.2 Å². The number of nitrogens with zero attached hydrogens (tertiary/aromatic N) is 1. The van der Waals surface area contributed by atoms with Crippen LogP contribution in [0.3, 0.4) is 0 Å². The van der Waals surface area contributed by atoms with E-state index in [9.17, 15) is 0 Å². The summed E-state index contributed by atoms with van der Waals surface area (Å²) in [6.07, 6.45) is 0. The van der Waals surface area contributed by atoms with Crippen molar-refractivity contribution in [2.24, 2.45) is 0 Å². The summed E-state index contributed by atoms with van der Waals surface area (Å²) in [4.78, 5) is 2.12. The van der Waals surface area contributed by atoms with Gasteiger partial charge in [-0.3, -0.25) is 0 Å². The molecule has 0 rings (SSSR count). The van der Waals surface area contributed by atoms with Crippen LogP contribution in [0.15, 0.2) is 0 Å². The van der Waals surface area contributed by atoms with Crippen molar-refractivity contribution in [3.8, 4) is 0 Å². The van der Waals surface area contributed by atoms with E-state index in [1.807, 2.05) is 14.1 Å². The van der Waals surface area contributed by atoms with Crippen LogP contribution >= 0.6 is 12.2 Å². The molecule has 0 radical (unpaired) electrons. The van der Waals surface area contributed by atoms with Crippen LogP contribution in [0, 0.1) is 0 Å². The van der Waals surface area contributed by atoms with Gasteiger partial charge >= 0.3 is 0 Å². The van der Waals surface area contributed by atoms with Crippen LogP contribution < -0.4 is 10.6 Å². The quantitative estimate of drug-likeness (QED) is 0.627. The molecule has 0 aliphatic heterocycles. The molecular formula is C8H19N3S. The van der Waals surface area contributed by atoms with Gasteiger partial charge in [-0.25, -0.2) is 0 Å². The minimum atomic E-state index is 0.407. The second-order valence-electron chi connectivity index (χ2n) is 3.36. The molecule has 0 aromatic heterocycles. The molecular weight excluding hydrogens is 170 g/mol. The van der Waals surface area contributed by atoms with Crippen LogP contribution in [0.1, 0.15) is 13.8 Å². The first-order valence-corrected chi connectivity index (χ1v) is 4.62. The van der Waals surface area contributed by atoms with E-state index in [-0.39, 0.29) is 0 Å². The summed E-state index contributed by atoms with van der Waals surface area (Å²) < 4.78 is 0. The van der Waals surface area contributed by atoms with Crippen molar-refractivity contribution in [1.29, 1.82) is 0 Å². The summed E-state index contributed by atoms with van der Waals surface area (Å²) in [7, 11) is 4.08. The summed E-state index contributed by atoms with van der Waals surface area (Å²) in [5.41, 5.74) is 0. The van der Waals surface area contributed by atoms with Crippen LogP contribution in [0.2, 0.25) is 0 Å². The Morgan fingerprint density at radius 2 is 2.00 bits per heavy atom. The van der Waals surface area contributed by atoms with E-state index >= 15 is 0 Å². The molecule has 2 N–H and O–H groups in total. The smallest absolute Gasteiger partial charge is 0.166 e. The number of likely N-dealkylation sites (N-methyl/N-ethyl adjacent to an activating group) is 1. The van der Waals surface area contributed by atoms with Gasteiger partial charge in [0.25, 0.3) is 0 Å². The normalized spacial score (nSPS) is 10.5. The topological polar surface area (TPSA) is 27.3 Å². The second-order valence-corrected chi connectivity index (χ2v) is 3.77. The number of hydrogen-bond acceptors (Lipinski definition) is 2. The maximum Gasteiger partial charge on any atom is 0.166 e. The lowest BCUT2D eigenvalue weighted by Crippen LogP contribution is -2.41. The van der Waals surface area contributed by atoms with Gasteiger partial charge in [-0.15, -0.1) is 0 Å². The predicted octanol–water partition coefficient (Wildman–Crippen LogP) is 0.420. The van der Waals surface area contributed by atoms with E-state index < -0.39 is 0 Å². The van der Waals surface area contributed by atoms with E-state index in [2.05, 4.69) is 29.4 Å². The molecule has 0 amide bonds. The van der Waals surface area contributed by atoms with Gasteiger partial charge < -0.3 is 15.5 Å². The van der Waals surface area contributed by atoms with Crippen LogP contribution in [0.5, 0.6) is 0 Å². The number of rotatable bonds is 4. The molecule has 0 fully saturated rings. The lowest BCUT2D eigenvalue weighted by atomic mass is 10.4. The maximum absolute atomic E-state index is 5.04. The monoisotopic (exact) mass is 189 g/mol. The Morgan fingerprint density at radius 1 is 1.42 bits per heavy atom. The fourth-order valence-corrected chi connectivity index (χ4v) is 1.04. The molecule has 0 aliphatic rings. The van der Waals surface area contributed by atoms with Gasteiger partial charge in [0.1, 0.15) is 0 Å². The lowest BCUT2D eigenvalue weighted by Gasteiger charge is -2.14. The number of hydrogen-bond donors (Lipinski definition) is 2. The molecule has 12 heavy (non-hydrogen) atoms. The SMILES string of the molecule is CC(C)NC(=S)NCCN(C)C. The minimum Gasteiger partial charge on any atom is -0.361 e. The highest BCUT2D eigenvalue weighted by Crippen LogP contribution is 1.77. The van der Waals surface area contributed by atoms with Gasteiger partial charge in [-0.2, -0.15) is 0 Å². The van der Waals surface area contributed by atoms with Gasteiger partial charge in [0.2, 0.25) is 0 Å². The van der Waals surface area contributed by atoms with Crippen LogP contribution in [0.25, 0.3) is 0 Å². The molecule has 0 spiro atoms. The fraction of sp³-hybridized carbons (Fsp3) is 0.875. The van der Waals surface area contributed by atoms with E-state index in [4.69, 9.17) is 12.2 Å². The van der Waals surface area contributed by atoms with E-state index in [1.54, 1.807) is 0 Å². The summed E-state index contributed by atoms with van der Waals surface area (Å²) in [6, 6.07) is 0.407. The molecule has 0 saturated carbocycles. The van der Waals surface area contributed by atoms with Crippen LogP contribution in [-0.4, -0.2) is 43.2 Å². The van der Waals surface area contributed by atoms with Crippen molar-refractivity contribution < 1.29 is 0 Å². The second kappa shape index (κ2) is 6.20. The molecule has 0 saturated heterocycles. The Labute approximate surface area is 80.5 Å². The molecule has 0 aliphatic carbocycles. The summed E-state index contributed by atoms with van der Waals surface area (Å²) in [5, 5.41) is 6.98. The summed E-state index contributed by atoms with van der Waals surface area (Å²) in [6.45, 7) is 6.03. The molecule has 0 bridgehead atoms. The molecule has 0 aromatic carbocycles. The molecule has 3 nitrogen and oxygen atoms in total. The zero-order valence-electron chi connectivity index (χ0n) is 8.35. The standard InChI is InChI=1S/C8H19N3S/c1-7(2)10-8(12)9-5-6-11(3)4/h7H,5-6H2,1-4H3,(H2,9,10,12). The highest BCUT2D eigenvalue weighted by Gasteiger charge is 1.96. The molecule has 0 heterocycles. The zero-order valence-corrected chi connectivity index (χ0v) is 9.16. The molecule has 72 valence electrons. The van der Waals surface area contributed by atoms with Gasteiger partial charge in [0, 0.05) is 19.1 Å². The first-order valence-electron chi connectivity index (χ1n) is 4.21. The van der Waals surface area contributed by atoms with Crippen molar-refractivity contribution >= 4 is 17.3 Å². The van der Waals surface area contributed by atoms with E-state index in [1.165, 1.54) is 0 Å². The molecule has 4 heteroatoms. The Morgan fingerprint density at radius 3 is 2.42 bits per heavy atom. The average Bonchev–Trinajstić information content (AvgIpc) is 1.84. The fourth-order valence-electron chi connectivity index (χ4n) is 0.706. The van der Waals surface area contributed by atoms with Crippen LogP contribution in [-0.2, 0) is 0 Å². The predicted molar refractivity (Wildman–Crippen MR) is 57.4 cm³/mol. The van der Waals surface area contributed by atoms with Crippen molar-refractivity contribution in [3.63, 3.8) is 0 Å². The third kappa shape index (κ3) is 7.75. The summed E-state index contributed by atoms with van der Waals surface area (Å²) >= 11 is 5.04. The largest absolute Gasteiger partial charge is 0.361 e. The Hall–Kier alpha value is -0.350. The molecule has 0 atom stereocenters. The number of thiocarbonyl (C=S) groups is 1. The first-order chi connectivity index (χ1) is 5.52. The number of nitrogens with one attached hydrogen (secondary N) is 2. The highest BCUT2D eigenvalue weighted by molar-refractivity contribution is 7.80. The Bertz CT molecular complexity index is 134. The molecule has 0 aromatic rings. The van der Waals surface area contributed by atoms with Gasteiger partial charge in [0.15, 0.2) is 5.11 Å². The van der Waals surface area contributed by atoms with Gasteiger partial charge in [-0.05, 0) is 40.2 Å². The van der Waals surface area contributed by atoms with Crippen molar-refractivity contribution in [2.45, 2.75) is 19.9 Å². The Kier molecular flexibility index (Phi) is 6.02. The van der Waals surface area contributed by atoms with Crippen molar-refractivity contribution in [1.82, 2.24) is 15.5 Å². The van der Waals surface area contributed by atoms with E-state index in [0.29, 0.717) is 6.04 Å². The van der Waals surface area contributed by atoms with Gasteiger partial charge in [0.05, 0.1) is 0 Å². The zero-order chi connectivity index (χ0) is 9.56. The van der Waals surface area contributed by atoms with Crippen LogP contribution in [0.4, 0.5) is 0 Å². The third-order valence-electron chi connectivity index (χ3n) is 1.26. The van der Waals surface area contributed by atoms with Crippen molar-refractivity contribution in [2.75, 3.05) is 27.2 Å². The Balaban J connectivity index is 3.32. The lowest BCUT2D eigenvalue weighted by molar-refractivity contribution is 0.412. The molecule has 0 unspecified atom stereocenters. The average molecular weight is 189 g/mol. The highest BCUT2D eigenvalue weighted by atomic mass is 32.1. The van der Waals surface area contributed by atoms with Crippen molar-refractivity contribution in [3.05, 3.63) is 0 Å². The minimum absolute atomic E-state index is 0.407. The first kappa shape index (κ1) is 11.6. The maximum atomic E-state index is 5.04. The third-order valence-corrected chi connectivity index (χ3v) is 1.53. The van der Waals surface area contributed by atoms with Gasteiger partial charge in [-0.1, -0.05) is 0 Å². The summed E-state index contributed by atoms with van der Waals surface area (Å²) in [5.74, 6) is 0.